The monoisotopic (exact) mass is 608 g/mol. The number of aromatic nitrogens is 1. The van der Waals surface area contributed by atoms with Crippen molar-refractivity contribution in [3.05, 3.63) is 123 Å². The van der Waals surface area contributed by atoms with Gasteiger partial charge in [-0.3, -0.25) is 4.79 Å². The van der Waals surface area contributed by atoms with E-state index < -0.39 is 11.9 Å². The van der Waals surface area contributed by atoms with Gasteiger partial charge in [-0.05, 0) is 71.6 Å². The van der Waals surface area contributed by atoms with E-state index in [-0.39, 0.29) is 0 Å². The van der Waals surface area contributed by atoms with E-state index in [1.807, 2.05) is 53.9 Å². The molecule has 0 radical (unpaired) electrons. The van der Waals surface area contributed by atoms with E-state index in [2.05, 4.69) is 10.5 Å². The summed E-state index contributed by atoms with van der Waals surface area (Å²) in [6.45, 7) is 0. The Kier molecular flexibility index (Phi) is 7.78. The summed E-state index contributed by atoms with van der Waals surface area (Å²) in [5.41, 5.74) is 13.2. The number of rotatable bonds is 7. The van der Waals surface area contributed by atoms with Gasteiger partial charge in [-0.25, -0.2) is 15.2 Å². The maximum absolute atomic E-state index is 13.1. The third-order valence-electron chi connectivity index (χ3n) is 6.31. The minimum Gasteiger partial charge on any atom is -0.423 e. The molecule has 0 aliphatic rings. The highest BCUT2D eigenvalue weighted by atomic mass is 35.5. The number of benzene rings is 3. The van der Waals surface area contributed by atoms with Crippen molar-refractivity contribution in [1.82, 2.24) is 10.4 Å². The van der Waals surface area contributed by atoms with Gasteiger partial charge in [-0.1, -0.05) is 48.0 Å². The van der Waals surface area contributed by atoms with E-state index in [1.54, 1.807) is 59.9 Å². The highest BCUT2D eigenvalue weighted by molar-refractivity contribution is 7.21. The molecular weight excluding hydrogens is 588 g/mol. The predicted molar refractivity (Wildman–Crippen MR) is 171 cm³/mol. The predicted octanol–water partition coefficient (Wildman–Crippen LogP) is 7.91. The Balaban J connectivity index is 1.21. The standard InChI is InChI=1S/C32H21ClN4O3S2/c33-22-12-10-20(11-13-22)25-17-24(26-7-4-16-41-26)27-28(34)29(42-31(27)36-25)30(38)37-35-18-19-8-14-23(15-9-19)40-32(39)21-5-2-1-3-6-21/h1-18H,34H2,(H,37,38)/b35-18+. The summed E-state index contributed by atoms with van der Waals surface area (Å²) in [7, 11) is 0. The van der Waals surface area contributed by atoms with Crippen LogP contribution in [0.3, 0.4) is 0 Å². The number of amides is 1. The van der Waals surface area contributed by atoms with Gasteiger partial charge in [0, 0.05) is 26.4 Å². The molecule has 3 aromatic heterocycles. The van der Waals surface area contributed by atoms with Crippen molar-refractivity contribution >= 4 is 68.3 Å². The zero-order valence-electron chi connectivity index (χ0n) is 21.8. The number of nitrogens with two attached hydrogens (primary N) is 1. The van der Waals surface area contributed by atoms with Gasteiger partial charge in [-0.15, -0.1) is 22.7 Å². The van der Waals surface area contributed by atoms with Gasteiger partial charge in [0.2, 0.25) is 0 Å². The zero-order valence-corrected chi connectivity index (χ0v) is 24.2. The first-order valence-corrected chi connectivity index (χ1v) is 14.8. The van der Waals surface area contributed by atoms with Crippen molar-refractivity contribution in [3.8, 4) is 27.4 Å². The van der Waals surface area contributed by atoms with Crippen LogP contribution in [-0.2, 0) is 0 Å². The second kappa shape index (κ2) is 12.0. The number of nitrogens with zero attached hydrogens (tertiary/aromatic N) is 2. The first-order valence-electron chi connectivity index (χ1n) is 12.7. The summed E-state index contributed by atoms with van der Waals surface area (Å²) in [6, 6.07) is 28.9. The molecule has 0 unspecified atom stereocenters. The maximum atomic E-state index is 13.1. The average molecular weight is 609 g/mol. The number of carbonyl (C=O) groups excluding carboxylic acids is 2. The number of hydrogen-bond acceptors (Lipinski definition) is 8. The number of fused-ring (bicyclic) bond motifs is 1. The molecule has 0 aliphatic heterocycles. The smallest absolute Gasteiger partial charge is 0.343 e. The molecule has 0 fully saturated rings. The highest BCUT2D eigenvalue weighted by Crippen LogP contribution is 2.42. The lowest BCUT2D eigenvalue weighted by Gasteiger charge is -2.07. The fraction of sp³-hybridized carbons (Fsp3) is 0. The lowest BCUT2D eigenvalue weighted by molar-refractivity contribution is 0.0734. The molecule has 6 rings (SSSR count). The molecule has 1 amide bonds. The summed E-state index contributed by atoms with van der Waals surface area (Å²) in [5, 5.41) is 7.47. The number of carbonyl (C=O) groups is 2. The second-order valence-electron chi connectivity index (χ2n) is 9.09. The Bertz CT molecular complexity index is 1920. The topological polar surface area (TPSA) is 107 Å². The molecule has 3 aromatic carbocycles. The van der Waals surface area contributed by atoms with E-state index in [4.69, 9.17) is 27.1 Å². The molecule has 0 saturated heterocycles. The van der Waals surface area contributed by atoms with Gasteiger partial charge in [0.1, 0.15) is 15.5 Å². The molecule has 7 nitrogen and oxygen atoms in total. The molecule has 0 aliphatic carbocycles. The van der Waals surface area contributed by atoms with Crippen LogP contribution < -0.4 is 15.9 Å². The van der Waals surface area contributed by atoms with Crippen molar-refractivity contribution in [2.24, 2.45) is 5.10 Å². The van der Waals surface area contributed by atoms with Gasteiger partial charge in [0.25, 0.3) is 5.91 Å². The van der Waals surface area contributed by atoms with Gasteiger partial charge >= 0.3 is 5.97 Å². The molecule has 206 valence electrons. The number of anilines is 1. The van der Waals surface area contributed by atoms with Gasteiger partial charge < -0.3 is 10.5 Å². The first kappa shape index (κ1) is 27.3. The quantitative estimate of drug-likeness (QED) is 0.0829. The minimum atomic E-state index is -0.442. The fourth-order valence-electron chi connectivity index (χ4n) is 4.26. The van der Waals surface area contributed by atoms with Crippen molar-refractivity contribution in [3.63, 3.8) is 0 Å². The Morgan fingerprint density at radius 3 is 2.43 bits per heavy atom. The van der Waals surface area contributed by atoms with Crippen LogP contribution >= 0.6 is 34.3 Å². The number of hydrogen-bond donors (Lipinski definition) is 2. The van der Waals surface area contributed by atoms with Crippen molar-refractivity contribution < 1.29 is 14.3 Å². The van der Waals surface area contributed by atoms with Crippen LogP contribution in [0.5, 0.6) is 5.75 Å². The number of nitrogen functional groups attached to an aromatic ring is 1. The highest BCUT2D eigenvalue weighted by Gasteiger charge is 2.22. The number of hydrazone groups is 1. The summed E-state index contributed by atoms with van der Waals surface area (Å²) >= 11 is 8.89. The minimum absolute atomic E-state index is 0.323. The second-order valence-corrected chi connectivity index (χ2v) is 11.5. The molecule has 6 aromatic rings. The molecule has 0 spiro atoms. The number of halogens is 1. The summed E-state index contributed by atoms with van der Waals surface area (Å²) in [5.74, 6) is -0.484. The number of nitrogens with one attached hydrogen (secondary N) is 1. The molecule has 0 bridgehead atoms. The number of pyridine rings is 1. The van der Waals surface area contributed by atoms with Crippen LogP contribution in [0.1, 0.15) is 25.6 Å². The Labute approximate surface area is 253 Å². The molecule has 42 heavy (non-hydrogen) atoms. The molecule has 10 heteroatoms. The largest absolute Gasteiger partial charge is 0.423 e. The van der Waals surface area contributed by atoms with Crippen molar-refractivity contribution in [2.75, 3.05) is 5.73 Å². The third kappa shape index (κ3) is 5.80. The summed E-state index contributed by atoms with van der Waals surface area (Å²) in [4.78, 5) is 32.2. The zero-order chi connectivity index (χ0) is 29.1. The van der Waals surface area contributed by atoms with Crippen LogP contribution in [0.15, 0.2) is 108 Å². The average Bonchev–Trinajstić information content (AvgIpc) is 3.67. The fourth-order valence-corrected chi connectivity index (χ4v) is 6.15. The number of ether oxygens (including phenoxy) is 1. The number of esters is 1. The molecular formula is C32H21ClN4O3S2. The Hall–Kier alpha value is -4.83. The SMILES string of the molecule is Nc1c(C(=O)N/N=C/c2ccc(OC(=O)c3ccccc3)cc2)sc2nc(-c3ccc(Cl)cc3)cc(-c3cccs3)c12. The van der Waals surface area contributed by atoms with E-state index in [9.17, 15) is 9.59 Å². The van der Waals surface area contributed by atoms with Crippen molar-refractivity contribution in [2.45, 2.75) is 0 Å². The first-order chi connectivity index (χ1) is 20.5. The lowest BCUT2D eigenvalue weighted by atomic mass is 10.0. The lowest BCUT2D eigenvalue weighted by Crippen LogP contribution is -2.17. The van der Waals surface area contributed by atoms with E-state index in [0.717, 1.165) is 27.1 Å². The molecule has 0 saturated carbocycles. The molecule has 0 atom stereocenters. The summed E-state index contributed by atoms with van der Waals surface area (Å²) < 4.78 is 5.40. The van der Waals surface area contributed by atoms with E-state index >= 15 is 0 Å². The van der Waals surface area contributed by atoms with Crippen LogP contribution in [-0.4, -0.2) is 23.1 Å². The van der Waals surface area contributed by atoms with E-state index in [0.29, 0.717) is 37.3 Å². The van der Waals surface area contributed by atoms with Crippen LogP contribution in [0, 0.1) is 0 Å². The summed E-state index contributed by atoms with van der Waals surface area (Å²) in [6.07, 6.45) is 1.50. The normalized spacial score (nSPS) is 11.2. The third-order valence-corrected chi connectivity index (χ3v) is 8.56. The van der Waals surface area contributed by atoms with Crippen LogP contribution in [0.2, 0.25) is 5.02 Å². The van der Waals surface area contributed by atoms with E-state index in [1.165, 1.54) is 17.6 Å². The van der Waals surface area contributed by atoms with Crippen LogP contribution in [0.25, 0.3) is 31.9 Å². The van der Waals surface area contributed by atoms with Gasteiger partial charge in [-0.2, -0.15) is 5.10 Å². The van der Waals surface area contributed by atoms with Gasteiger partial charge in [0.05, 0.1) is 23.2 Å². The molecule has 3 N–H and O–H groups in total. The Morgan fingerprint density at radius 1 is 0.952 bits per heavy atom. The molecule has 3 heterocycles. The number of thiophene rings is 2. The maximum Gasteiger partial charge on any atom is 0.343 e. The van der Waals surface area contributed by atoms with Crippen molar-refractivity contribution in [1.29, 1.82) is 0 Å². The Morgan fingerprint density at radius 2 is 1.71 bits per heavy atom. The van der Waals surface area contributed by atoms with Crippen LogP contribution in [0.4, 0.5) is 5.69 Å². The van der Waals surface area contributed by atoms with Gasteiger partial charge in [0.15, 0.2) is 0 Å².